The topological polar surface area (TPSA) is 56.7 Å². The van der Waals surface area contributed by atoms with Gasteiger partial charge in [-0.15, -0.1) is 0 Å². The fourth-order valence-electron chi connectivity index (χ4n) is 2.66. The number of aromatic nitrogens is 3. The van der Waals surface area contributed by atoms with Gasteiger partial charge in [0.15, 0.2) is 0 Å². The summed E-state index contributed by atoms with van der Waals surface area (Å²) in [6, 6.07) is 12.3. The number of pyridine rings is 1. The van der Waals surface area contributed by atoms with E-state index in [2.05, 4.69) is 24.2 Å². The van der Waals surface area contributed by atoms with Crippen LogP contribution in [0, 0.1) is 6.92 Å². The van der Waals surface area contributed by atoms with Gasteiger partial charge in [0.25, 0.3) is 0 Å². The van der Waals surface area contributed by atoms with E-state index >= 15 is 0 Å². The molecular formula is C17H20N4. The third-order valence-electron chi connectivity index (χ3n) is 3.96. The molecule has 1 aromatic carbocycles. The summed E-state index contributed by atoms with van der Waals surface area (Å²) in [5, 5.41) is 5.38. The van der Waals surface area contributed by atoms with Crippen molar-refractivity contribution < 1.29 is 0 Å². The highest BCUT2D eigenvalue weighted by atomic mass is 15.2. The molecule has 21 heavy (non-hydrogen) atoms. The SMILES string of the molecule is Cc1cc(C(N)CCc2ccnn2C)nc2ccccc12. The zero-order valence-electron chi connectivity index (χ0n) is 12.5. The van der Waals surface area contributed by atoms with Crippen molar-refractivity contribution in [1.82, 2.24) is 14.8 Å². The quantitative estimate of drug-likeness (QED) is 0.799. The number of rotatable bonds is 4. The second-order valence-corrected chi connectivity index (χ2v) is 5.47. The monoisotopic (exact) mass is 280 g/mol. The molecule has 0 fully saturated rings. The number of fused-ring (bicyclic) bond motifs is 1. The highest BCUT2D eigenvalue weighted by Crippen LogP contribution is 2.22. The molecule has 0 aliphatic heterocycles. The first-order valence-electron chi connectivity index (χ1n) is 7.24. The third kappa shape index (κ3) is 2.81. The molecule has 2 aromatic heterocycles. The molecular weight excluding hydrogens is 260 g/mol. The van der Waals surface area contributed by atoms with Gasteiger partial charge in [0, 0.05) is 30.4 Å². The Balaban J connectivity index is 1.81. The Morgan fingerprint density at radius 1 is 1.24 bits per heavy atom. The van der Waals surface area contributed by atoms with Crippen LogP contribution >= 0.6 is 0 Å². The maximum absolute atomic E-state index is 6.33. The van der Waals surface area contributed by atoms with E-state index in [-0.39, 0.29) is 6.04 Å². The van der Waals surface area contributed by atoms with Crippen LogP contribution in [-0.2, 0) is 13.5 Å². The van der Waals surface area contributed by atoms with Crippen molar-refractivity contribution in [3.63, 3.8) is 0 Å². The van der Waals surface area contributed by atoms with Crippen molar-refractivity contribution in [3.05, 3.63) is 59.5 Å². The average Bonchev–Trinajstić information content (AvgIpc) is 2.90. The molecule has 1 atom stereocenters. The number of nitrogens with zero attached hydrogens (tertiary/aromatic N) is 3. The van der Waals surface area contributed by atoms with Crippen LogP contribution in [0.5, 0.6) is 0 Å². The van der Waals surface area contributed by atoms with E-state index in [0.29, 0.717) is 0 Å². The van der Waals surface area contributed by atoms with Crippen LogP contribution in [0.15, 0.2) is 42.6 Å². The molecule has 4 nitrogen and oxygen atoms in total. The first-order valence-corrected chi connectivity index (χ1v) is 7.24. The maximum Gasteiger partial charge on any atom is 0.0708 e. The minimum absolute atomic E-state index is 0.0526. The second kappa shape index (κ2) is 5.66. The molecule has 0 saturated carbocycles. The molecule has 4 heteroatoms. The molecule has 0 aliphatic rings. The molecule has 0 radical (unpaired) electrons. The van der Waals surface area contributed by atoms with Crippen molar-refractivity contribution in [2.24, 2.45) is 12.8 Å². The van der Waals surface area contributed by atoms with Gasteiger partial charge < -0.3 is 5.73 Å². The van der Waals surface area contributed by atoms with Crippen molar-refractivity contribution >= 4 is 10.9 Å². The largest absolute Gasteiger partial charge is 0.323 e. The van der Waals surface area contributed by atoms with E-state index in [9.17, 15) is 0 Å². The van der Waals surface area contributed by atoms with Gasteiger partial charge in [-0.1, -0.05) is 18.2 Å². The summed E-state index contributed by atoms with van der Waals surface area (Å²) >= 11 is 0. The second-order valence-electron chi connectivity index (χ2n) is 5.47. The number of aryl methyl sites for hydroxylation is 3. The van der Waals surface area contributed by atoms with Gasteiger partial charge in [0.05, 0.1) is 11.2 Å². The van der Waals surface area contributed by atoms with E-state index in [1.165, 1.54) is 16.6 Å². The summed E-state index contributed by atoms with van der Waals surface area (Å²) in [5.41, 5.74) is 10.7. The van der Waals surface area contributed by atoms with Crippen molar-refractivity contribution in [2.45, 2.75) is 25.8 Å². The molecule has 2 N–H and O–H groups in total. The predicted octanol–water partition coefficient (Wildman–Crippen LogP) is 2.91. The number of hydrogen-bond acceptors (Lipinski definition) is 3. The molecule has 0 spiro atoms. The average molecular weight is 280 g/mol. The van der Waals surface area contributed by atoms with Crippen LogP contribution in [0.4, 0.5) is 0 Å². The summed E-state index contributed by atoms with van der Waals surface area (Å²) in [6.07, 6.45) is 3.59. The number of hydrogen-bond donors (Lipinski definition) is 1. The lowest BCUT2D eigenvalue weighted by Gasteiger charge is -2.13. The van der Waals surface area contributed by atoms with Crippen LogP contribution in [0.2, 0.25) is 0 Å². The van der Waals surface area contributed by atoms with Crippen molar-refractivity contribution in [3.8, 4) is 0 Å². The van der Waals surface area contributed by atoms with Crippen molar-refractivity contribution in [2.75, 3.05) is 0 Å². The third-order valence-corrected chi connectivity index (χ3v) is 3.96. The summed E-state index contributed by atoms with van der Waals surface area (Å²) in [4.78, 5) is 4.71. The molecule has 0 amide bonds. The molecule has 3 rings (SSSR count). The Morgan fingerprint density at radius 2 is 2.05 bits per heavy atom. The molecule has 3 aromatic rings. The highest BCUT2D eigenvalue weighted by Gasteiger charge is 2.11. The van der Waals surface area contributed by atoms with Gasteiger partial charge in [0.2, 0.25) is 0 Å². The van der Waals surface area contributed by atoms with E-state index in [0.717, 1.165) is 24.1 Å². The van der Waals surface area contributed by atoms with Crippen LogP contribution in [0.1, 0.15) is 29.4 Å². The molecule has 108 valence electrons. The number of benzene rings is 1. The van der Waals surface area contributed by atoms with E-state index in [4.69, 9.17) is 10.7 Å². The minimum atomic E-state index is -0.0526. The zero-order chi connectivity index (χ0) is 14.8. The van der Waals surface area contributed by atoms with Crippen LogP contribution in [-0.4, -0.2) is 14.8 Å². The standard InChI is InChI=1S/C17H20N4/c1-12-11-17(20-16-6-4-3-5-14(12)16)15(18)8-7-13-9-10-19-21(13)2/h3-6,9-11,15H,7-8,18H2,1-2H3. The van der Waals surface area contributed by atoms with Crippen LogP contribution in [0.3, 0.4) is 0 Å². The Morgan fingerprint density at radius 3 is 2.81 bits per heavy atom. The van der Waals surface area contributed by atoms with E-state index < -0.39 is 0 Å². The van der Waals surface area contributed by atoms with Gasteiger partial charge >= 0.3 is 0 Å². The van der Waals surface area contributed by atoms with E-state index in [1.807, 2.05) is 42.2 Å². The lowest BCUT2D eigenvalue weighted by molar-refractivity contribution is 0.603. The fraction of sp³-hybridized carbons (Fsp3) is 0.294. The molecule has 0 aliphatic carbocycles. The molecule has 1 unspecified atom stereocenters. The Bertz CT molecular complexity index is 760. The summed E-state index contributed by atoms with van der Waals surface area (Å²) in [6.45, 7) is 2.11. The normalized spacial score (nSPS) is 12.7. The van der Waals surface area contributed by atoms with Gasteiger partial charge in [-0.05, 0) is 43.5 Å². The highest BCUT2D eigenvalue weighted by molar-refractivity contribution is 5.82. The summed E-state index contributed by atoms with van der Waals surface area (Å²) in [7, 11) is 1.96. The first-order chi connectivity index (χ1) is 10.1. The molecule has 2 heterocycles. The summed E-state index contributed by atoms with van der Waals surface area (Å²) in [5.74, 6) is 0. The lowest BCUT2D eigenvalue weighted by atomic mass is 10.0. The Labute approximate surface area is 124 Å². The fourth-order valence-corrected chi connectivity index (χ4v) is 2.66. The van der Waals surface area contributed by atoms with Crippen LogP contribution in [0.25, 0.3) is 10.9 Å². The molecule has 0 bridgehead atoms. The van der Waals surface area contributed by atoms with Crippen molar-refractivity contribution in [1.29, 1.82) is 0 Å². The predicted molar refractivity (Wildman–Crippen MR) is 84.9 cm³/mol. The van der Waals surface area contributed by atoms with Gasteiger partial charge in [-0.2, -0.15) is 5.10 Å². The summed E-state index contributed by atoms with van der Waals surface area (Å²) < 4.78 is 1.89. The minimum Gasteiger partial charge on any atom is -0.323 e. The van der Waals surface area contributed by atoms with Gasteiger partial charge in [-0.3, -0.25) is 9.67 Å². The number of nitrogens with two attached hydrogens (primary N) is 1. The first kappa shape index (κ1) is 13.8. The Hall–Kier alpha value is -2.20. The number of para-hydroxylation sites is 1. The zero-order valence-corrected chi connectivity index (χ0v) is 12.5. The smallest absolute Gasteiger partial charge is 0.0708 e. The Kier molecular flexibility index (Phi) is 3.71. The maximum atomic E-state index is 6.33. The van der Waals surface area contributed by atoms with Gasteiger partial charge in [0.1, 0.15) is 0 Å². The van der Waals surface area contributed by atoms with Crippen LogP contribution < -0.4 is 5.73 Å². The van der Waals surface area contributed by atoms with E-state index in [1.54, 1.807) is 0 Å². The van der Waals surface area contributed by atoms with Gasteiger partial charge in [-0.25, -0.2) is 0 Å². The molecule has 0 saturated heterocycles. The lowest BCUT2D eigenvalue weighted by Crippen LogP contribution is -2.14.